The molecule has 0 fully saturated rings. The molecular formula is C31H50F2N2O5. The van der Waals surface area contributed by atoms with Gasteiger partial charge < -0.3 is 20.8 Å². The molecule has 0 aliphatic heterocycles. The summed E-state index contributed by atoms with van der Waals surface area (Å²) in [5.74, 6) is -4.61. The van der Waals surface area contributed by atoms with E-state index in [9.17, 15) is 23.2 Å². The molecule has 1 amide bonds. The van der Waals surface area contributed by atoms with E-state index >= 15 is 0 Å². The van der Waals surface area contributed by atoms with Gasteiger partial charge in [0.05, 0.1) is 5.56 Å². The Labute approximate surface area is 238 Å². The van der Waals surface area contributed by atoms with Crippen LogP contribution in [0.1, 0.15) is 132 Å². The number of unbranched alkanes of at least 4 members (excludes halogenated alkanes) is 14. The number of Topliss-reactive ketones (excluding diaryl/α,β-unsaturated/α-hetero) is 1. The number of phenols is 1. The Balaban J connectivity index is 1.84. The van der Waals surface area contributed by atoms with Gasteiger partial charge in [0.2, 0.25) is 11.7 Å². The van der Waals surface area contributed by atoms with Gasteiger partial charge in [0, 0.05) is 19.4 Å². The van der Waals surface area contributed by atoms with Crippen molar-refractivity contribution >= 4 is 17.7 Å². The molecule has 7 nitrogen and oxygen atoms in total. The van der Waals surface area contributed by atoms with Gasteiger partial charge in [-0.15, -0.1) is 0 Å². The molecule has 4 N–H and O–H groups in total. The van der Waals surface area contributed by atoms with Crippen LogP contribution in [-0.2, 0) is 9.59 Å². The third kappa shape index (κ3) is 15.9. The van der Waals surface area contributed by atoms with Crippen molar-refractivity contribution in [1.29, 1.82) is 0 Å². The zero-order valence-electron chi connectivity index (χ0n) is 24.2. The van der Waals surface area contributed by atoms with Gasteiger partial charge >= 0.3 is 5.97 Å². The lowest BCUT2D eigenvalue weighted by Crippen LogP contribution is -2.33. The van der Waals surface area contributed by atoms with Crippen LogP contribution in [0.5, 0.6) is 5.75 Å². The van der Waals surface area contributed by atoms with Gasteiger partial charge in [0.1, 0.15) is 6.04 Å². The Morgan fingerprint density at radius 2 is 1.23 bits per heavy atom. The molecule has 9 heteroatoms. The average Bonchev–Trinajstić information content (AvgIpc) is 2.93. The minimum Gasteiger partial charge on any atom is -0.505 e. The molecule has 0 bridgehead atoms. The largest absolute Gasteiger partial charge is 0.505 e. The number of hydrogen-bond donors (Lipinski definition) is 4. The smallest absolute Gasteiger partial charge is 0.320 e. The molecule has 0 radical (unpaired) electrons. The van der Waals surface area contributed by atoms with E-state index in [1.165, 1.54) is 44.9 Å². The number of ketones is 1. The van der Waals surface area contributed by atoms with E-state index in [2.05, 4.69) is 10.6 Å². The number of carbonyl (C=O) groups excluding carboxylic acids is 2. The topological polar surface area (TPSA) is 116 Å². The van der Waals surface area contributed by atoms with E-state index in [4.69, 9.17) is 10.2 Å². The van der Waals surface area contributed by atoms with Crippen molar-refractivity contribution in [3.63, 3.8) is 0 Å². The number of carbonyl (C=O) groups is 3. The van der Waals surface area contributed by atoms with Crippen molar-refractivity contribution in [2.75, 3.05) is 13.6 Å². The molecule has 0 unspecified atom stereocenters. The highest BCUT2D eigenvalue weighted by atomic mass is 19.2. The Morgan fingerprint density at radius 3 is 1.73 bits per heavy atom. The van der Waals surface area contributed by atoms with E-state index < -0.39 is 35.2 Å². The molecule has 0 aliphatic carbocycles. The molecule has 0 aliphatic rings. The standard InChI is InChI=1S/C31H50F2N2O5/c1-34-25(31(39)40)18-16-17-23-35-28(38)20-15-13-11-9-7-5-3-2-4-6-8-10-12-14-19-26(36)24-21-22-27(37)30(33)29(24)32/h21-22,25,34,37H,2-20,23H2,1H3,(H,35,38)(H,39,40)/t25-/m0/s1. The van der Waals surface area contributed by atoms with Crippen LogP contribution in [0.3, 0.4) is 0 Å². The van der Waals surface area contributed by atoms with Crippen LogP contribution in [0.2, 0.25) is 0 Å². The number of carboxylic acid groups (broad SMARTS) is 1. The predicted molar refractivity (Wildman–Crippen MR) is 154 cm³/mol. The van der Waals surface area contributed by atoms with Crippen molar-refractivity contribution in [2.24, 2.45) is 0 Å². The summed E-state index contributed by atoms with van der Waals surface area (Å²) in [6.07, 6.45) is 18.2. The summed E-state index contributed by atoms with van der Waals surface area (Å²) in [6, 6.07) is 1.62. The lowest BCUT2D eigenvalue weighted by atomic mass is 10.0. The molecule has 40 heavy (non-hydrogen) atoms. The Hall–Kier alpha value is -2.55. The molecule has 0 saturated carbocycles. The first-order valence-corrected chi connectivity index (χ1v) is 15.1. The van der Waals surface area contributed by atoms with Crippen LogP contribution in [0.15, 0.2) is 12.1 Å². The predicted octanol–water partition coefficient (Wildman–Crippen LogP) is 7.05. The van der Waals surface area contributed by atoms with Crippen LogP contribution in [0, 0.1) is 11.6 Å². The van der Waals surface area contributed by atoms with Gasteiger partial charge in [-0.2, -0.15) is 4.39 Å². The van der Waals surface area contributed by atoms with Crippen molar-refractivity contribution in [1.82, 2.24) is 10.6 Å². The van der Waals surface area contributed by atoms with Crippen molar-refractivity contribution in [2.45, 2.75) is 128 Å². The highest BCUT2D eigenvalue weighted by Gasteiger charge is 2.18. The summed E-state index contributed by atoms with van der Waals surface area (Å²) >= 11 is 0. The Kier molecular flexibility index (Phi) is 19.7. The van der Waals surface area contributed by atoms with Crippen LogP contribution < -0.4 is 10.6 Å². The number of phenolic OH excluding ortho intramolecular Hbond substituents is 1. The third-order valence-electron chi connectivity index (χ3n) is 7.31. The fourth-order valence-electron chi connectivity index (χ4n) is 4.76. The normalized spacial score (nSPS) is 11.9. The summed E-state index contributed by atoms with van der Waals surface area (Å²) in [4.78, 5) is 34.9. The second kappa shape index (κ2) is 22.2. The SMILES string of the molecule is CN[C@@H](CCCCNC(=O)CCCCCCCCCCCCCCCCC(=O)c1ccc(O)c(F)c1F)C(=O)O. The second-order valence-corrected chi connectivity index (χ2v) is 10.7. The minimum atomic E-state index is -1.37. The van der Waals surface area contributed by atoms with E-state index in [1.807, 2.05) is 0 Å². The van der Waals surface area contributed by atoms with Crippen molar-refractivity contribution < 1.29 is 33.4 Å². The summed E-state index contributed by atoms with van der Waals surface area (Å²) in [6.45, 7) is 0.601. The van der Waals surface area contributed by atoms with E-state index in [0.717, 1.165) is 63.5 Å². The van der Waals surface area contributed by atoms with Crippen molar-refractivity contribution in [3.8, 4) is 5.75 Å². The van der Waals surface area contributed by atoms with Gasteiger partial charge in [-0.3, -0.25) is 14.4 Å². The lowest BCUT2D eigenvalue weighted by molar-refractivity contribution is -0.139. The summed E-state index contributed by atoms with van der Waals surface area (Å²) in [5.41, 5.74) is -0.291. The Bertz CT molecular complexity index is 882. The third-order valence-corrected chi connectivity index (χ3v) is 7.31. The van der Waals surface area contributed by atoms with Crippen LogP contribution in [-0.4, -0.2) is 47.5 Å². The zero-order valence-corrected chi connectivity index (χ0v) is 24.2. The Morgan fingerprint density at radius 1 is 0.725 bits per heavy atom. The van der Waals surface area contributed by atoms with Crippen LogP contribution >= 0.6 is 0 Å². The molecule has 1 aromatic rings. The average molecular weight is 569 g/mol. The summed E-state index contributed by atoms with van der Waals surface area (Å²) in [5, 5.41) is 23.8. The maximum absolute atomic E-state index is 13.7. The van der Waals surface area contributed by atoms with Crippen LogP contribution in [0.4, 0.5) is 8.78 Å². The van der Waals surface area contributed by atoms with E-state index in [0.29, 0.717) is 25.8 Å². The van der Waals surface area contributed by atoms with Crippen molar-refractivity contribution in [3.05, 3.63) is 29.3 Å². The number of likely N-dealkylation sites (N-methyl/N-ethyl adjacent to an activating group) is 1. The van der Waals surface area contributed by atoms with Gasteiger partial charge in [0.25, 0.3) is 0 Å². The highest BCUT2D eigenvalue weighted by molar-refractivity contribution is 5.96. The zero-order chi connectivity index (χ0) is 29.6. The highest BCUT2D eigenvalue weighted by Crippen LogP contribution is 2.23. The number of carboxylic acids is 1. The molecule has 0 heterocycles. The maximum Gasteiger partial charge on any atom is 0.320 e. The minimum absolute atomic E-state index is 0.0815. The molecule has 1 atom stereocenters. The summed E-state index contributed by atoms with van der Waals surface area (Å²) < 4.78 is 27.1. The van der Waals surface area contributed by atoms with Crippen LogP contribution in [0.25, 0.3) is 0 Å². The number of aromatic hydroxyl groups is 1. The maximum atomic E-state index is 13.7. The summed E-state index contributed by atoms with van der Waals surface area (Å²) in [7, 11) is 1.64. The van der Waals surface area contributed by atoms with E-state index in [-0.39, 0.29) is 17.9 Å². The van der Waals surface area contributed by atoms with Gasteiger partial charge in [-0.25, -0.2) is 4.39 Å². The van der Waals surface area contributed by atoms with Gasteiger partial charge in [-0.1, -0.05) is 77.0 Å². The molecule has 0 saturated heterocycles. The molecule has 0 aromatic heterocycles. The molecule has 1 aromatic carbocycles. The number of nitrogens with one attached hydrogen (secondary N) is 2. The molecular weight excluding hydrogens is 518 g/mol. The number of halogens is 2. The first kappa shape index (κ1) is 35.5. The molecule has 228 valence electrons. The fourth-order valence-corrected chi connectivity index (χ4v) is 4.76. The number of benzene rings is 1. The number of aliphatic carboxylic acids is 1. The number of amides is 1. The molecule has 1 rings (SSSR count). The van der Waals surface area contributed by atoms with Gasteiger partial charge in [-0.05, 0) is 51.3 Å². The monoisotopic (exact) mass is 568 g/mol. The lowest BCUT2D eigenvalue weighted by Gasteiger charge is -2.10. The number of rotatable bonds is 25. The van der Waals surface area contributed by atoms with Gasteiger partial charge in [0.15, 0.2) is 17.3 Å². The quantitative estimate of drug-likeness (QED) is 0.0742. The second-order valence-electron chi connectivity index (χ2n) is 10.7. The first-order chi connectivity index (χ1) is 19.3. The first-order valence-electron chi connectivity index (χ1n) is 15.1. The number of hydrogen-bond acceptors (Lipinski definition) is 5. The molecule has 0 spiro atoms. The van der Waals surface area contributed by atoms with E-state index in [1.54, 1.807) is 7.05 Å². The fraction of sp³-hybridized carbons (Fsp3) is 0.710.